The summed E-state index contributed by atoms with van der Waals surface area (Å²) < 4.78 is 11.0. The van der Waals surface area contributed by atoms with Crippen molar-refractivity contribution in [3.05, 3.63) is 12.1 Å². The number of rotatable bonds is 3. The Morgan fingerprint density at radius 1 is 1.21 bits per heavy atom. The Morgan fingerprint density at radius 3 is 2.63 bits per heavy atom. The van der Waals surface area contributed by atoms with Crippen LogP contribution in [0.3, 0.4) is 0 Å². The van der Waals surface area contributed by atoms with Crippen LogP contribution in [0.4, 0.5) is 11.4 Å². The standard InChI is InChI=1S/C14H20N2O3/c15-11-6-13-14(19-4-3-18-13)7-12(11)16-8-9-1-2-10(17)5-9/h6-7,9-10,16-17H,1-5,8,15H2. The van der Waals surface area contributed by atoms with Crippen LogP contribution in [0, 0.1) is 5.92 Å². The quantitative estimate of drug-likeness (QED) is 0.723. The van der Waals surface area contributed by atoms with Gasteiger partial charge in [0.15, 0.2) is 11.5 Å². The smallest absolute Gasteiger partial charge is 0.163 e. The number of anilines is 2. The van der Waals surface area contributed by atoms with E-state index in [4.69, 9.17) is 15.2 Å². The molecular formula is C14H20N2O3. The Hall–Kier alpha value is -1.62. The van der Waals surface area contributed by atoms with E-state index in [0.29, 0.717) is 30.6 Å². The number of aliphatic hydroxyl groups is 1. The molecule has 0 aromatic heterocycles. The van der Waals surface area contributed by atoms with Crippen molar-refractivity contribution in [3.8, 4) is 11.5 Å². The molecule has 0 radical (unpaired) electrons. The third-order valence-corrected chi connectivity index (χ3v) is 3.81. The highest BCUT2D eigenvalue weighted by molar-refractivity contribution is 5.72. The molecular weight excluding hydrogens is 244 g/mol. The summed E-state index contributed by atoms with van der Waals surface area (Å²) in [7, 11) is 0. The number of fused-ring (bicyclic) bond motifs is 1. The molecule has 2 aliphatic rings. The minimum Gasteiger partial charge on any atom is -0.486 e. The third kappa shape index (κ3) is 2.71. The monoisotopic (exact) mass is 264 g/mol. The fourth-order valence-corrected chi connectivity index (χ4v) is 2.75. The zero-order valence-electron chi connectivity index (χ0n) is 10.9. The van der Waals surface area contributed by atoms with E-state index in [2.05, 4.69) is 5.32 Å². The summed E-state index contributed by atoms with van der Waals surface area (Å²) in [6, 6.07) is 3.70. The molecule has 0 saturated heterocycles. The maximum absolute atomic E-state index is 9.52. The molecule has 1 heterocycles. The molecule has 2 unspecified atom stereocenters. The van der Waals surface area contributed by atoms with Crippen LogP contribution in [0.2, 0.25) is 0 Å². The van der Waals surface area contributed by atoms with Crippen molar-refractivity contribution >= 4 is 11.4 Å². The molecule has 1 aliphatic heterocycles. The van der Waals surface area contributed by atoms with Crippen LogP contribution in [0.15, 0.2) is 12.1 Å². The van der Waals surface area contributed by atoms with Gasteiger partial charge in [-0.25, -0.2) is 0 Å². The molecule has 1 aromatic rings. The normalized spacial score (nSPS) is 25.3. The first kappa shape index (κ1) is 12.4. The summed E-state index contributed by atoms with van der Waals surface area (Å²) in [6.45, 7) is 1.98. The molecule has 1 aromatic carbocycles. The van der Waals surface area contributed by atoms with E-state index >= 15 is 0 Å². The topological polar surface area (TPSA) is 76.7 Å². The minimum atomic E-state index is -0.135. The van der Waals surface area contributed by atoms with Crippen molar-refractivity contribution in [3.63, 3.8) is 0 Å². The number of aliphatic hydroxyl groups excluding tert-OH is 1. The van der Waals surface area contributed by atoms with Crippen LogP contribution in [0.1, 0.15) is 19.3 Å². The summed E-state index contributed by atoms with van der Waals surface area (Å²) in [4.78, 5) is 0. The van der Waals surface area contributed by atoms with E-state index in [1.807, 2.05) is 6.07 Å². The number of nitrogens with one attached hydrogen (secondary N) is 1. The fourth-order valence-electron chi connectivity index (χ4n) is 2.75. The maximum Gasteiger partial charge on any atom is 0.163 e. The molecule has 2 atom stereocenters. The van der Waals surface area contributed by atoms with E-state index in [1.165, 1.54) is 0 Å². The van der Waals surface area contributed by atoms with Gasteiger partial charge in [0, 0.05) is 18.7 Å². The van der Waals surface area contributed by atoms with E-state index in [0.717, 1.165) is 37.2 Å². The summed E-state index contributed by atoms with van der Waals surface area (Å²) in [5.41, 5.74) is 7.56. The first-order chi connectivity index (χ1) is 9.22. The second kappa shape index (κ2) is 5.17. The molecule has 1 aliphatic carbocycles. The first-order valence-corrected chi connectivity index (χ1v) is 6.83. The maximum atomic E-state index is 9.52. The van der Waals surface area contributed by atoms with Gasteiger partial charge in [0.25, 0.3) is 0 Å². The van der Waals surface area contributed by atoms with Gasteiger partial charge in [-0.1, -0.05) is 0 Å². The predicted molar refractivity (Wildman–Crippen MR) is 73.7 cm³/mol. The molecule has 0 amide bonds. The minimum absolute atomic E-state index is 0.135. The van der Waals surface area contributed by atoms with Crippen molar-refractivity contribution < 1.29 is 14.6 Å². The molecule has 104 valence electrons. The van der Waals surface area contributed by atoms with Gasteiger partial charge in [0.1, 0.15) is 13.2 Å². The van der Waals surface area contributed by atoms with Crippen molar-refractivity contribution in [1.82, 2.24) is 0 Å². The second-order valence-corrected chi connectivity index (χ2v) is 5.30. The zero-order valence-corrected chi connectivity index (χ0v) is 10.9. The Labute approximate surface area is 112 Å². The highest BCUT2D eigenvalue weighted by atomic mass is 16.6. The van der Waals surface area contributed by atoms with Gasteiger partial charge in [-0.05, 0) is 25.2 Å². The Morgan fingerprint density at radius 2 is 1.95 bits per heavy atom. The van der Waals surface area contributed by atoms with Crippen LogP contribution in [0.25, 0.3) is 0 Å². The zero-order chi connectivity index (χ0) is 13.2. The van der Waals surface area contributed by atoms with Gasteiger partial charge < -0.3 is 25.6 Å². The Bertz CT molecular complexity index is 464. The van der Waals surface area contributed by atoms with Crippen molar-refractivity contribution in [2.24, 2.45) is 5.92 Å². The molecule has 4 N–H and O–H groups in total. The molecule has 5 nitrogen and oxygen atoms in total. The lowest BCUT2D eigenvalue weighted by molar-refractivity contribution is 0.172. The van der Waals surface area contributed by atoms with Crippen LogP contribution >= 0.6 is 0 Å². The van der Waals surface area contributed by atoms with E-state index in [9.17, 15) is 5.11 Å². The molecule has 19 heavy (non-hydrogen) atoms. The van der Waals surface area contributed by atoms with E-state index < -0.39 is 0 Å². The lowest BCUT2D eigenvalue weighted by Gasteiger charge is -2.21. The third-order valence-electron chi connectivity index (χ3n) is 3.81. The fraction of sp³-hybridized carbons (Fsp3) is 0.571. The van der Waals surface area contributed by atoms with Gasteiger partial charge in [-0.3, -0.25) is 0 Å². The number of hydrogen-bond acceptors (Lipinski definition) is 5. The summed E-state index contributed by atoms with van der Waals surface area (Å²) in [5.74, 6) is 1.97. The summed E-state index contributed by atoms with van der Waals surface area (Å²) >= 11 is 0. The van der Waals surface area contributed by atoms with Gasteiger partial charge >= 0.3 is 0 Å². The lowest BCUT2D eigenvalue weighted by Crippen LogP contribution is -2.17. The van der Waals surface area contributed by atoms with Crippen LogP contribution in [0.5, 0.6) is 11.5 Å². The summed E-state index contributed by atoms with van der Waals surface area (Å²) in [6.07, 6.45) is 2.71. The molecule has 0 bridgehead atoms. The number of nitrogens with two attached hydrogens (primary N) is 1. The molecule has 3 rings (SSSR count). The van der Waals surface area contributed by atoms with Gasteiger partial charge in [-0.2, -0.15) is 0 Å². The van der Waals surface area contributed by atoms with Crippen LogP contribution < -0.4 is 20.5 Å². The van der Waals surface area contributed by atoms with E-state index in [-0.39, 0.29) is 6.10 Å². The average Bonchev–Trinajstić information content (AvgIpc) is 2.82. The Balaban J connectivity index is 1.67. The van der Waals surface area contributed by atoms with Crippen molar-refractivity contribution in [2.75, 3.05) is 30.8 Å². The Kier molecular flexibility index (Phi) is 3.38. The van der Waals surface area contributed by atoms with Crippen LogP contribution in [-0.2, 0) is 0 Å². The number of nitrogen functional groups attached to an aromatic ring is 1. The first-order valence-electron chi connectivity index (χ1n) is 6.83. The highest BCUT2D eigenvalue weighted by Gasteiger charge is 2.23. The van der Waals surface area contributed by atoms with Crippen molar-refractivity contribution in [1.29, 1.82) is 0 Å². The molecule has 5 heteroatoms. The highest BCUT2D eigenvalue weighted by Crippen LogP contribution is 2.37. The molecule has 0 spiro atoms. The summed E-state index contributed by atoms with van der Waals surface area (Å²) in [5, 5.41) is 12.9. The largest absolute Gasteiger partial charge is 0.486 e. The predicted octanol–water partition coefficient (Wildman–Crippen LogP) is 1.61. The number of ether oxygens (including phenoxy) is 2. The average molecular weight is 264 g/mol. The van der Waals surface area contributed by atoms with Gasteiger partial charge in [-0.15, -0.1) is 0 Å². The lowest BCUT2D eigenvalue weighted by atomic mass is 10.1. The number of benzene rings is 1. The number of hydrogen-bond donors (Lipinski definition) is 3. The van der Waals surface area contributed by atoms with Crippen molar-refractivity contribution in [2.45, 2.75) is 25.4 Å². The van der Waals surface area contributed by atoms with Gasteiger partial charge in [0.05, 0.1) is 17.5 Å². The molecule has 1 fully saturated rings. The second-order valence-electron chi connectivity index (χ2n) is 5.30. The van der Waals surface area contributed by atoms with E-state index in [1.54, 1.807) is 6.07 Å². The SMILES string of the molecule is Nc1cc2c(cc1NCC1CCC(O)C1)OCCO2. The van der Waals surface area contributed by atoms with Gasteiger partial charge in [0.2, 0.25) is 0 Å². The van der Waals surface area contributed by atoms with Crippen LogP contribution in [-0.4, -0.2) is 31.0 Å². The molecule has 1 saturated carbocycles.